The number of esters is 1. The number of carbonyl (C=O) groups is 3. The van der Waals surface area contributed by atoms with Crippen LogP contribution in [0.25, 0.3) is 0 Å². The van der Waals surface area contributed by atoms with Crippen molar-refractivity contribution in [1.29, 1.82) is 5.41 Å². The van der Waals surface area contributed by atoms with E-state index in [2.05, 4.69) is 5.32 Å². The molecule has 2 rings (SSSR count). The van der Waals surface area contributed by atoms with Crippen molar-refractivity contribution in [1.82, 2.24) is 4.90 Å². The van der Waals surface area contributed by atoms with E-state index >= 15 is 0 Å². The normalized spacial score (nSPS) is 10.3. The molecular formula is C20H24N4O8S. The molecule has 0 fully saturated rings. The quantitative estimate of drug-likeness (QED) is 0.131. The van der Waals surface area contributed by atoms with Crippen LogP contribution in [0, 0.1) is 5.41 Å². The molecule has 1 amide bonds. The Hall–Kier alpha value is -3.97. The van der Waals surface area contributed by atoms with Gasteiger partial charge in [-0.25, -0.2) is 9.59 Å². The van der Waals surface area contributed by atoms with Crippen LogP contribution in [0.15, 0.2) is 42.5 Å². The highest BCUT2D eigenvalue weighted by atomic mass is 32.2. The minimum atomic E-state index is -3.67. The van der Waals surface area contributed by atoms with Crippen LogP contribution >= 0.6 is 0 Å². The van der Waals surface area contributed by atoms with E-state index in [1.165, 1.54) is 35.2 Å². The van der Waals surface area contributed by atoms with Gasteiger partial charge >= 0.3 is 11.9 Å². The molecule has 33 heavy (non-hydrogen) atoms. The van der Waals surface area contributed by atoms with Gasteiger partial charge in [-0.15, -0.1) is 0 Å². The summed E-state index contributed by atoms with van der Waals surface area (Å²) < 4.78 is 31.2. The first kappa shape index (κ1) is 27.1. The standard InChI is InChI=1S/C19H20N4O5.CH4O3S/c1-23(2)16(24)10-12-9-14(7-8-15(12)17(25)26)28-18(27)11-3-5-13(6-4-11)22-19(20)21;1-5(2,3)4/h3-9H,10H2,1-2H3,(H,25,26)(H4,20,21,22);1H3,(H,2,3,4). The molecule has 0 radical (unpaired) electrons. The average molecular weight is 480 g/mol. The number of guanidine groups is 1. The number of hydrogen-bond donors (Lipinski definition) is 5. The number of carbonyl (C=O) groups excluding carboxylic acids is 2. The maximum Gasteiger partial charge on any atom is 0.343 e. The minimum absolute atomic E-state index is 0.0327. The second kappa shape index (κ2) is 11.6. The van der Waals surface area contributed by atoms with Crippen molar-refractivity contribution in [2.24, 2.45) is 5.73 Å². The number of nitrogens with zero attached hydrogens (tertiary/aromatic N) is 1. The Labute approximate surface area is 190 Å². The Morgan fingerprint density at radius 1 is 1.12 bits per heavy atom. The average Bonchev–Trinajstić information content (AvgIpc) is 2.66. The summed E-state index contributed by atoms with van der Waals surface area (Å²) in [7, 11) is -0.533. The van der Waals surface area contributed by atoms with Crippen molar-refractivity contribution < 1.29 is 37.2 Å². The van der Waals surface area contributed by atoms with Gasteiger partial charge in [-0.05, 0) is 48.0 Å². The number of anilines is 1. The van der Waals surface area contributed by atoms with E-state index in [0.717, 1.165) is 0 Å². The van der Waals surface area contributed by atoms with Crippen molar-refractivity contribution in [2.45, 2.75) is 6.42 Å². The highest BCUT2D eigenvalue weighted by molar-refractivity contribution is 7.85. The van der Waals surface area contributed by atoms with Gasteiger partial charge in [0.2, 0.25) is 5.91 Å². The fourth-order valence-corrected chi connectivity index (χ4v) is 2.32. The third kappa shape index (κ3) is 10.3. The van der Waals surface area contributed by atoms with Crippen LogP contribution in [0.3, 0.4) is 0 Å². The molecule has 0 aromatic heterocycles. The molecule has 12 nitrogen and oxygen atoms in total. The SMILES string of the molecule is CN(C)C(=O)Cc1cc(OC(=O)c2ccc(NC(=N)N)cc2)ccc1C(=O)O.CS(=O)(=O)O. The van der Waals surface area contributed by atoms with Gasteiger partial charge in [-0.1, -0.05) is 0 Å². The predicted octanol–water partition coefficient (Wildman–Crippen LogP) is 1.04. The topological polar surface area (TPSA) is 200 Å². The fourth-order valence-electron chi connectivity index (χ4n) is 2.32. The molecule has 0 aliphatic heterocycles. The van der Waals surface area contributed by atoms with Crippen molar-refractivity contribution in [3.8, 4) is 5.75 Å². The molecule has 0 atom stereocenters. The zero-order valence-electron chi connectivity index (χ0n) is 18.0. The van der Waals surface area contributed by atoms with Gasteiger partial charge < -0.3 is 25.8 Å². The number of carboxylic acid groups (broad SMARTS) is 1. The first-order valence-electron chi connectivity index (χ1n) is 9.09. The Bertz CT molecular complexity index is 1140. The summed E-state index contributed by atoms with van der Waals surface area (Å²) >= 11 is 0. The minimum Gasteiger partial charge on any atom is -0.478 e. The monoisotopic (exact) mass is 480 g/mol. The molecule has 0 aliphatic carbocycles. The number of ether oxygens (including phenoxy) is 1. The lowest BCUT2D eigenvalue weighted by molar-refractivity contribution is -0.127. The smallest absolute Gasteiger partial charge is 0.343 e. The van der Waals surface area contributed by atoms with Crippen molar-refractivity contribution >= 4 is 39.6 Å². The summed E-state index contributed by atoms with van der Waals surface area (Å²) in [5.74, 6) is -2.20. The van der Waals surface area contributed by atoms with Crippen molar-refractivity contribution in [3.63, 3.8) is 0 Å². The number of rotatable bonds is 6. The Balaban J connectivity index is 0.000000981. The molecule has 0 unspecified atom stereocenters. The van der Waals surface area contributed by atoms with E-state index in [9.17, 15) is 27.9 Å². The molecule has 13 heteroatoms. The second-order valence-corrected chi connectivity index (χ2v) is 8.29. The van der Waals surface area contributed by atoms with Crippen LogP contribution < -0.4 is 15.8 Å². The summed E-state index contributed by atoms with van der Waals surface area (Å²) in [5.41, 5.74) is 6.25. The number of aromatic carboxylic acids is 1. The summed E-state index contributed by atoms with van der Waals surface area (Å²) in [5, 5.41) is 19.1. The van der Waals surface area contributed by atoms with E-state index in [4.69, 9.17) is 20.4 Å². The number of amides is 1. The third-order valence-electron chi connectivity index (χ3n) is 3.76. The highest BCUT2D eigenvalue weighted by Crippen LogP contribution is 2.21. The predicted molar refractivity (Wildman–Crippen MR) is 120 cm³/mol. The van der Waals surface area contributed by atoms with Crippen LogP contribution in [0.4, 0.5) is 5.69 Å². The molecule has 0 bridgehead atoms. The zero-order valence-corrected chi connectivity index (χ0v) is 18.8. The van der Waals surface area contributed by atoms with Crippen LogP contribution in [0.1, 0.15) is 26.3 Å². The lowest BCUT2D eigenvalue weighted by atomic mass is 10.0. The van der Waals surface area contributed by atoms with E-state index < -0.39 is 22.1 Å². The van der Waals surface area contributed by atoms with E-state index in [1.54, 1.807) is 26.2 Å². The summed E-state index contributed by atoms with van der Waals surface area (Å²) in [6.07, 6.45) is 0.582. The van der Waals surface area contributed by atoms with Crippen LogP contribution in [-0.4, -0.2) is 67.1 Å². The van der Waals surface area contributed by atoms with Gasteiger partial charge in [0.25, 0.3) is 10.1 Å². The van der Waals surface area contributed by atoms with E-state index in [-0.39, 0.29) is 40.7 Å². The molecule has 0 aliphatic rings. The Morgan fingerprint density at radius 3 is 2.12 bits per heavy atom. The largest absolute Gasteiger partial charge is 0.478 e. The van der Waals surface area contributed by atoms with Crippen LogP contribution in [-0.2, 0) is 21.3 Å². The maximum absolute atomic E-state index is 12.3. The number of nitrogens with one attached hydrogen (secondary N) is 2. The second-order valence-electron chi connectivity index (χ2n) is 6.83. The molecular weight excluding hydrogens is 456 g/mol. The molecule has 2 aromatic carbocycles. The lowest BCUT2D eigenvalue weighted by Gasteiger charge is -2.13. The molecule has 0 spiro atoms. The molecule has 2 aromatic rings. The van der Waals surface area contributed by atoms with Gasteiger partial charge in [-0.3, -0.25) is 14.8 Å². The van der Waals surface area contributed by atoms with Gasteiger partial charge in [-0.2, -0.15) is 8.42 Å². The van der Waals surface area contributed by atoms with Gasteiger partial charge in [0.15, 0.2) is 5.96 Å². The molecule has 0 saturated heterocycles. The van der Waals surface area contributed by atoms with E-state index in [1.807, 2.05) is 0 Å². The Kier molecular flexibility index (Phi) is 9.51. The van der Waals surface area contributed by atoms with Crippen molar-refractivity contribution in [3.05, 3.63) is 59.2 Å². The number of likely N-dealkylation sites (N-methyl/N-ethyl adjacent to an activating group) is 1. The number of hydrogen-bond acceptors (Lipinski definition) is 7. The van der Waals surface area contributed by atoms with Gasteiger partial charge in [0, 0.05) is 19.8 Å². The van der Waals surface area contributed by atoms with Crippen LogP contribution in [0.2, 0.25) is 0 Å². The molecule has 0 saturated carbocycles. The number of carboxylic acids is 1. The van der Waals surface area contributed by atoms with E-state index in [0.29, 0.717) is 11.9 Å². The number of nitrogens with two attached hydrogens (primary N) is 1. The third-order valence-corrected chi connectivity index (χ3v) is 3.76. The maximum atomic E-state index is 12.3. The lowest BCUT2D eigenvalue weighted by Crippen LogP contribution is -2.24. The number of benzene rings is 2. The Morgan fingerprint density at radius 2 is 1.67 bits per heavy atom. The van der Waals surface area contributed by atoms with Crippen molar-refractivity contribution in [2.75, 3.05) is 25.7 Å². The first-order chi connectivity index (χ1) is 15.2. The molecule has 0 heterocycles. The van der Waals surface area contributed by atoms with Gasteiger partial charge in [0.05, 0.1) is 23.8 Å². The molecule has 178 valence electrons. The molecule has 6 N–H and O–H groups in total. The zero-order chi connectivity index (χ0) is 25.3. The van der Waals surface area contributed by atoms with Crippen LogP contribution in [0.5, 0.6) is 5.75 Å². The summed E-state index contributed by atoms with van der Waals surface area (Å²) in [6.45, 7) is 0. The summed E-state index contributed by atoms with van der Waals surface area (Å²) in [4.78, 5) is 37.0. The highest BCUT2D eigenvalue weighted by Gasteiger charge is 2.17. The first-order valence-corrected chi connectivity index (χ1v) is 10.9. The fraction of sp³-hybridized carbons (Fsp3) is 0.200. The summed E-state index contributed by atoms with van der Waals surface area (Å²) in [6, 6.07) is 10.1. The van der Waals surface area contributed by atoms with Gasteiger partial charge in [0.1, 0.15) is 5.75 Å².